The van der Waals surface area contributed by atoms with E-state index in [2.05, 4.69) is 10.3 Å². The van der Waals surface area contributed by atoms with Crippen molar-refractivity contribution in [3.05, 3.63) is 66.0 Å². The predicted octanol–water partition coefficient (Wildman–Crippen LogP) is 1.81. The number of pyridine rings is 1. The SMILES string of the molecule is CON(C)C(=O)COc1ccc(/C=C/C(=O)NCc2cccnc2)cc1. The molecule has 0 unspecified atom stereocenters. The number of ether oxygens (including phenoxy) is 1. The molecule has 7 heteroatoms. The van der Waals surface area contributed by atoms with Crippen LogP contribution in [0.25, 0.3) is 6.08 Å². The van der Waals surface area contributed by atoms with Crippen LogP contribution < -0.4 is 10.1 Å². The summed E-state index contributed by atoms with van der Waals surface area (Å²) in [6.45, 7) is 0.310. The Labute approximate surface area is 152 Å². The number of likely N-dealkylation sites (N-methyl/N-ethyl adjacent to an activating group) is 1. The van der Waals surface area contributed by atoms with Crippen molar-refractivity contribution in [1.29, 1.82) is 0 Å². The maximum absolute atomic E-state index is 11.8. The Bertz CT molecular complexity index is 745. The van der Waals surface area contributed by atoms with E-state index in [9.17, 15) is 9.59 Å². The van der Waals surface area contributed by atoms with E-state index in [0.29, 0.717) is 12.3 Å². The molecule has 0 saturated heterocycles. The van der Waals surface area contributed by atoms with E-state index in [1.54, 1.807) is 42.7 Å². The molecule has 0 aliphatic carbocycles. The fourth-order valence-corrected chi connectivity index (χ4v) is 1.94. The van der Waals surface area contributed by atoms with Gasteiger partial charge in [0, 0.05) is 32.1 Å². The van der Waals surface area contributed by atoms with Crippen LogP contribution in [0.1, 0.15) is 11.1 Å². The second-order valence-corrected chi connectivity index (χ2v) is 5.34. The average Bonchev–Trinajstić information content (AvgIpc) is 2.69. The van der Waals surface area contributed by atoms with Gasteiger partial charge in [0.2, 0.25) is 5.91 Å². The van der Waals surface area contributed by atoms with Crippen LogP contribution in [0.3, 0.4) is 0 Å². The first-order valence-electron chi connectivity index (χ1n) is 7.97. The molecular weight excluding hydrogens is 334 g/mol. The summed E-state index contributed by atoms with van der Waals surface area (Å²) < 4.78 is 5.38. The Morgan fingerprint density at radius 1 is 1.23 bits per heavy atom. The lowest BCUT2D eigenvalue weighted by molar-refractivity contribution is -0.170. The molecule has 0 aliphatic rings. The van der Waals surface area contributed by atoms with Crippen molar-refractivity contribution in [3.8, 4) is 5.75 Å². The third-order valence-electron chi connectivity index (χ3n) is 3.48. The van der Waals surface area contributed by atoms with Gasteiger partial charge in [-0.05, 0) is 35.4 Å². The zero-order valence-electron chi connectivity index (χ0n) is 14.7. The van der Waals surface area contributed by atoms with E-state index in [1.807, 2.05) is 12.1 Å². The number of hydroxylamine groups is 2. The predicted molar refractivity (Wildman–Crippen MR) is 96.8 cm³/mol. The zero-order valence-corrected chi connectivity index (χ0v) is 14.7. The molecule has 2 rings (SSSR count). The monoisotopic (exact) mass is 355 g/mol. The second-order valence-electron chi connectivity index (χ2n) is 5.34. The molecule has 7 nitrogen and oxygen atoms in total. The van der Waals surface area contributed by atoms with Crippen LogP contribution in [-0.4, -0.2) is 42.6 Å². The smallest absolute Gasteiger partial charge is 0.283 e. The Kier molecular flexibility index (Phi) is 7.32. The van der Waals surface area contributed by atoms with Crippen LogP contribution in [0.4, 0.5) is 0 Å². The van der Waals surface area contributed by atoms with Gasteiger partial charge in [0.15, 0.2) is 6.61 Å². The van der Waals surface area contributed by atoms with Crippen LogP contribution in [0.2, 0.25) is 0 Å². The maximum Gasteiger partial charge on any atom is 0.283 e. The van der Waals surface area contributed by atoms with Gasteiger partial charge in [0.1, 0.15) is 5.75 Å². The summed E-state index contributed by atoms with van der Waals surface area (Å²) in [7, 11) is 2.92. The van der Waals surface area contributed by atoms with Crippen molar-refractivity contribution >= 4 is 17.9 Å². The van der Waals surface area contributed by atoms with Gasteiger partial charge in [0.25, 0.3) is 5.91 Å². The summed E-state index contributed by atoms with van der Waals surface area (Å²) in [5, 5.41) is 3.88. The van der Waals surface area contributed by atoms with Gasteiger partial charge < -0.3 is 10.1 Å². The molecule has 1 aromatic heterocycles. The highest BCUT2D eigenvalue weighted by molar-refractivity contribution is 5.91. The largest absolute Gasteiger partial charge is 0.484 e. The van der Waals surface area contributed by atoms with Crippen molar-refractivity contribution in [1.82, 2.24) is 15.4 Å². The molecule has 0 radical (unpaired) electrons. The molecular formula is C19H21N3O4. The molecule has 1 N–H and O–H groups in total. The number of nitrogens with zero attached hydrogens (tertiary/aromatic N) is 2. The van der Waals surface area contributed by atoms with Gasteiger partial charge in [-0.1, -0.05) is 18.2 Å². The minimum atomic E-state index is -0.290. The normalized spacial score (nSPS) is 10.5. The van der Waals surface area contributed by atoms with Crippen LogP contribution in [-0.2, 0) is 21.0 Å². The maximum atomic E-state index is 11.8. The third kappa shape index (κ3) is 6.37. The molecule has 1 heterocycles. The molecule has 0 atom stereocenters. The third-order valence-corrected chi connectivity index (χ3v) is 3.48. The highest BCUT2D eigenvalue weighted by Gasteiger charge is 2.08. The molecule has 0 aliphatic heterocycles. The van der Waals surface area contributed by atoms with Crippen LogP contribution in [0.15, 0.2) is 54.9 Å². The standard InChI is InChI=1S/C19H21N3O4/c1-22(25-2)19(24)14-26-17-8-5-15(6-9-17)7-10-18(23)21-13-16-4-3-11-20-12-16/h3-12H,13-14H2,1-2H3,(H,21,23)/b10-7+. The Hall–Kier alpha value is -3.19. The van der Waals surface area contributed by atoms with E-state index < -0.39 is 0 Å². The molecule has 0 fully saturated rings. The summed E-state index contributed by atoms with van der Waals surface area (Å²) in [5.74, 6) is 0.0742. The zero-order chi connectivity index (χ0) is 18.8. The number of carbonyl (C=O) groups is 2. The van der Waals surface area contributed by atoms with Gasteiger partial charge in [0.05, 0.1) is 7.11 Å². The van der Waals surface area contributed by atoms with Gasteiger partial charge in [-0.15, -0.1) is 0 Å². The number of amides is 2. The van der Waals surface area contributed by atoms with Crippen LogP contribution >= 0.6 is 0 Å². The Balaban J connectivity index is 1.79. The number of benzene rings is 1. The van der Waals surface area contributed by atoms with E-state index in [-0.39, 0.29) is 18.4 Å². The quantitative estimate of drug-likeness (QED) is 0.577. The summed E-state index contributed by atoms with van der Waals surface area (Å²) >= 11 is 0. The van der Waals surface area contributed by atoms with Gasteiger partial charge in [-0.3, -0.25) is 19.4 Å². The molecule has 2 aromatic rings. The number of hydrogen-bond donors (Lipinski definition) is 1. The summed E-state index contributed by atoms with van der Waals surface area (Å²) in [5.41, 5.74) is 1.78. The average molecular weight is 355 g/mol. The van der Waals surface area contributed by atoms with Gasteiger partial charge in [-0.2, -0.15) is 0 Å². The molecule has 26 heavy (non-hydrogen) atoms. The molecule has 0 spiro atoms. The van der Waals surface area contributed by atoms with E-state index >= 15 is 0 Å². The van der Waals surface area contributed by atoms with E-state index in [1.165, 1.54) is 20.2 Å². The van der Waals surface area contributed by atoms with Crippen molar-refractivity contribution in [3.63, 3.8) is 0 Å². The summed E-state index contributed by atoms with van der Waals surface area (Å²) in [6.07, 6.45) is 6.55. The minimum Gasteiger partial charge on any atom is -0.484 e. The highest BCUT2D eigenvalue weighted by Crippen LogP contribution is 2.13. The summed E-state index contributed by atoms with van der Waals surface area (Å²) in [4.78, 5) is 32.2. The number of rotatable bonds is 8. The Morgan fingerprint density at radius 2 is 2.00 bits per heavy atom. The molecule has 136 valence electrons. The molecule has 0 bridgehead atoms. The van der Waals surface area contributed by atoms with Crippen molar-refractivity contribution in [2.75, 3.05) is 20.8 Å². The first-order chi connectivity index (χ1) is 12.6. The Morgan fingerprint density at radius 3 is 2.65 bits per heavy atom. The first kappa shape index (κ1) is 19.1. The highest BCUT2D eigenvalue weighted by atomic mass is 16.7. The number of hydrogen-bond acceptors (Lipinski definition) is 5. The second kappa shape index (κ2) is 9.95. The fourth-order valence-electron chi connectivity index (χ4n) is 1.94. The first-order valence-corrected chi connectivity index (χ1v) is 7.97. The topological polar surface area (TPSA) is 80.8 Å². The van der Waals surface area contributed by atoms with Gasteiger partial charge >= 0.3 is 0 Å². The lowest BCUT2D eigenvalue weighted by atomic mass is 10.2. The molecule has 1 aromatic carbocycles. The minimum absolute atomic E-state index is 0.115. The van der Waals surface area contributed by atoms with Crippen LogP contribution in [0.5, 0.6) is 5.75 Å². The number of carbonyl (C=O) groups excluding carboxylic acids is 2. The summed E-state index contributed by atoms with van der Waals surface area (Å²) in [6, 6.07) is 10.8. The fraction of sp³-hybridized carbons (Fsp3) is 0.211. The van der Waals surface area contributed by atoms with Crippen molar-refractivity contribution in [2.45, 2.75) is 6.54 Å². The van der Waals surface area contributed by atoms with Gasteiger partial charge in [-0.25, -0.2) is 5.06 Å². The van der Waals surface area contributed by atoms with Crippen molar-refractivity contribution in [2.24, 2.45) is 0 Å². The number of aromatic nitrogens is 1. The molecule has 0 saturated carbocycles. The van der Waals surface area contributed by atoms with Crippen LogP contribution in [0, 0.1) is 0 Å². The van der Waals surface area contributed by atoms with E-state index in [4.69, 9.17) is 9.57 Å². The van der Waals surface area contributed by atoms with E-state index in [0.717, 1.165) is 16.2 Å². The molecule has 2 amide bonds. The lowest BCUT2D eigenvalue weighted by Crippen LogP contribution is -2.30. The number of nitrogens with one attached hydrogen (secondary N) is 1. The lowest BCUT2D eigenvalue weighted by Gasteiger charge is -2.13. The van der Waals surface area contributed by atoms with Crippen molar-refractivity contribution < 1.29 is 19.2 Å².